The van der Waals surface area contributed by atoms with Crippen LogP contribution in [0.1, 0.15) is 36.5 Å². The second kappa shape index (κ2) is 13.2. The van der Waals surface area contributed by atoms with Gasteiger partial charge >= 0.3 is 5.97 Å². The van der Waals surface area contributed by atoms with Gasteiger partial charge in [0, 0.05) is 16.4 Å². The number of carbonyl (C=O) groups excluding carboxylic acids is 2. The molecule has 8 heteroatoms. The lowest BCUT2D eigenvalue weighted by atomic mass is 9.82. The van der Waals surface area contributed by atoms with E-state index in [9.17, 15) is 14.9 Å². The normalized spacial score (nSPS) is 14.9. The van der Waals surface area contributed by atoms with Crippen molar-refractivity contribution in [2.45, 2.75) is 32.8 Å². The van der Waals surface area contributed by atoms with Crippen LogP contribution in [0.2, 0.25) is 5.02 Å². The summed E-state index contributed by atoms with van der Waals surface area (Å²) >= 11 is 7.77. The number of benzene rings is 3. The maximum Gasteiger partial charge on any atom is 0.337 e. The standard InChI is InChI=1S/C31H28ClN3O3S/c1-3-22-13-7-10-16-26(22)35-27(36)19-39-30-24(17-33)29(23-14-8-9-15-25(23)32)28(20(2)34-30)31(37)38-18-21-11-5-4-6-12-21/h4-16,29,34H,3,18-19H2,1-2H3,(H,35,36)/t29-/m0/s1. The number of carbonyl (C=O) groups is 2. The molecule has 0 bridgehead atoms. The SMILES string of the molecule is CCc1ccccc1NC(=O)CSC1=C(C#N)[C@H](c2ccccc2Cl)C(C(=O)OCc2ccccc2)=C(C)N1. The van der Waals surface area contributed by atoms with Gasteiger partial charge in [0.2, 0.25) is 5.91 Å². The highest BCUT2D eigenvalue weighted by Crippen LogP contribution is 2.43. The molecule has 1 aliphatic rings. The van der Waals surface area contributed by atoms with Gasteiger partial charge < -0.3 is 15.4 Å². The third-order valence-electron chi connectivity index (χ3n) is 6.32. The van der Waals surface area contributed by atoms with E-state index in [-0.39, 0.29) is 18.3 Å². The molecule has 1 heterocycles. The van der Waals surface area contributed by atoms with Crippen LogP contribution in [0.3, 0.4) is 0 Å². The number of hydrogen-bond donors (Lipinski definition) is 2. The average Bonchev–Trinajstić information content (AvgIpc) is 2.95. The number of hydrogen-bond acceptors (Lipinski definition) is 6. The van der Waals surface area contributed by atoms with Crippen molar-refractivity contribution in [3.8, 4) is 6.07 Å². The summed E-state index contributed by atoms with van der Waals surface area (Å²) in [6.45, 7) is 3.88. The lowest BCUT2D eigenvalue weighted by Crippen LogP contribution is -2.29. The lowest BCUT2D eigenvalue weighted by Gasteiger charge is -2.29. The van der Waals surface area contributed by atoms with E-state index in [4.69, 9.17) is 16.3 Å². The number of amides is 1. The third-order valence-corrected chi connectivity index (χ3v) is 7.68. The van der Waals surface area contributed by atoms with E-state index in [0.717, 1.165) is 23.2 Å². The number of nitrogens with one attached hydrogen (secondary N) is 2. The van der Waals surface area contributed by atoms with Gasteiger partial charge in [0.1, 0.15) is 6.61 Å². The third kappa shape index (κ3) is 6.72. The predicted molar refractivity (Wildman–Crippen MR) is 156 cm³/mol. The van der Waals surface area contributed by atoms with Crippen molar-refractivity contribution in [3.05, 3.63) is 122 Å². The van der Waals surface area contributed by atoms with Crippen molar-refractivity contribution in [1.82, 2.24) is 5.32 Å². The number of rotatable bonds is 9. The number of aryl methyl sites for hydroxylation is 1. The number of ether oxygens (including phenoxy) is 1. The second-order valence-corrected chi connectivity index (χ2v) is 10.3. The second-order valence-electron chi connectivity index (χ2n) is 8.88. The highest BCUT2D eigenvalue weighted by molar-refractivity contribution is 8.03. The van der Waals surface area contributed by atoms with Gasteiger partial charge in [-0.05, 0) is 42.2 Å². The van der Waals surface area contributed by atoms with Crippen molar-refractivity contribution in [2.75, 3.05) is 11.1 Å². The Morgan fingerprint density at radius 1 is 1.05 bits per heavy atom. The first-order valence-corrected chi connectivity index (χ1v) is 13.9. The van der Waals surface area contributed by atoms with E-state index in [0.29, 0.717) is 32.5 Å². The first-order chi connectivity index (χ1) is 18.9. The fraction of sp³-hybridized carbons (Fsp3) is 0.194. The maximum absolute atomic E-state index is 13.4. The Labute approximate surface area is 237 Å². The molecule has 4 rings (SSSR count). The maximum atomic E-state index is 13.4. The molecule has 3 aromatic rings. The average molecular weight is 558 g/mol. The highest BCUT2D eigenvalue weighted by atomic mass is 35.5. The minimum absolute atomic E-state index is 0.0713. The van der Waals surface area contributed by atoms with Crippen LogP contribution < -0.4 is 10.6 Å². The summed E-state index contributed by atoms with van der Waals surface area (Å²) in [6.07, 6.45) is 0.793. The number of dihydropyridines is 1. The molecule has 1 aliphatic heterocycles. The van der Waals surface area contributed by atoms with Gasteiger partial charge in [-0.25, -0.2) is 4.79 Å². The summed E-state index contributed by atoms with van der Waals surface area (Å²) in [5.41, 5.74) is 4.42. The van der Waals surface area contributed by atoms with E-state index in [1.807, 2.05) is 67.6 Å². The number of allylic oxidation sites excluding steroid dienone is 2. The molecule has 0 saturated heterocycles. The molecule has 0 spiro atoms. The fourth-order valence-corrected chi connectivity index (χ4v) is 5.53. The minimum atomic E-state index is -0.750. The topological polar surface area (TPSA) is 91.2 Å². The van der Waals surface area contributed by atoms with Crippen LogP contribution in [0, 0.1) is 11.3 Å². The Kier molecular flexibility index (Phi) is 9.48. The number of halogens is 1. The quantitative estimate of drug-likeness (QED) is 0.284. The van der Waals surface area contributed by atoms with Crippen LogP contribution in [0.4, 0.5) is 5.69 Å². The molecule has 198 valence electrons. The summed E-state index contributed by atoms with van der Waals surface area (Å²) in [6, 6.07) is 26.4. The zero-order valence-corrected chi connectivity index (χ0v) is 23.2. The van der Waals surface area contributed by atoms with E-state index in [1.165, 1.54) is 11.8 Å². The Morgan fingerprint density at radius 2 is 1.74 bits per heavy atom. The van der Waals surface area contributed by atoms with Crippen LogP contribution in [-0.2, 0) is 27.4 Å². The Hall–Kier alpha value is -3.99. The molecule has 3 aromatic carbocycles. The summed E-state index contributed by atoms with van der Waals surface area (Å²) in [4.78, 5) is 26.2. The van der Waals surface area contributed by atoms with Crippen LogP contribution in [-0.4, -0.2) is 17.6 Å². The van der Waals surface area contributed by atoms with Gasteiger partial charge in [-0.3, -0.25) is 4.79 Å². The van der Waals surface area contributed by atoms with Gasteiger partial charge in [-0.1, -0.05) is 97.0 Å². The van der Waals surface area contributed by atoms with Crippen molar-refractivity contribution < 1.29 is 14.3 Å². The van der Waals surface area contributed by atoms with Crippen LogP contribution in [0.15, 0.2) is 101 Å². The molecule has 39 heavy (non-hydrogen) atoms. The van der Waals surface area contributed by atoms with Crippen molar-refractivity contribution in [2.24, 2.45) is 0 Å². The van der Waals surface area contributed by atoms with Crippen molar-refractivity contribution >= 4 is 40.9 Å². The summed E-state index contributed by atoms with van der Waals surface area (Å²) in [5, 5.41) is 17.3. The number of nitrogens with zero attached hydrogens (tertiary/aromatic N) is 1. The molecule has 0 unspecified atom stereocenters. The first-order valence-electron chi connectivity index (χ1n) is 12.5. The molecule has 1 atom stereocenters. The smallest absolute Gasteiger partial charge is 0.337 e. The fourth-order valence-electron chi connectivity index (χ4n) is 4.39. The molecule has 2 N–H and O–H groups in total. The Balaban J connectivity index is 1.60. The van der Waals surface area contributed by atoms with Crippen molar-refractivity contribution in [1.29, 1.82) is 5.26 Å². The number of thioether (sulfide) groups is 1. The van der Waals surface area contributed by atoms with Gasteiger partial charge in [-0.2, -0.15) is 5.26 Å². The van der Waals surface area contributed by atoms with E-state index < -0.39 is 11.9 Å². The number of nitriles is 1. The Morgan fingerprint density at radius 3 is 2.46 bits per heavy atom. The summed E-state index contributed by atoms with van der Waals surface area (Å²) < 4.78 is 5.66. The van der Waals surface area contributed by atoms with Crippen LogP contribution in [0.25, 0.3) is 0 Å². The largest absolute Gasteiger partial charge is 0.457 e. The molecule has 6 nitrogen and oxygen atoms in total. The van der Waals surface area contributed by atoms with Crippen LogP contribution >= 0.6 is 23.4 Å². The van der Waals surface area contributed by atoms with Gasteiger partial charge in [0.25, 0.3) is 0 Å². The zero-order valence-electron chi connectivity index (χ0n) is 21.7. The summed E-state index contributed by atoms with van der Waals surface area (Å²) in [7, 11) is 0. The molecule has 1 amide bonds. The van der Waals surface area contributed by atoms with Crippen molar-refractivity contribution in [3.63, 3.8) is 0 Å². The lowest BCUT2D eigenvalue weighted by molar-refractivity contribution is -0.140. The molecular weight excluding hydrogens is 530 g/mol. The molecule has 0 aliphatic carbocycles. The Bertz CT molecular complexity index is 1480. The van der Waals surface area contributed by atoms with Gasteiger partial charge in [-0.15, -0.1) is 0 Å². The monoisotopic (exact) mass is 557 g/mol. The molecule has 0 aromatic heterocycles. The number of esters is 1. The predicted octanol–water partition coefficient (Wildman–Crippen LogP) is 6.71. The highest BCUT2D eigenvalue weighted by Gasteiger charge is 2.36. The van der Waals surface area contributed by atoms with E-state index in [2.05, 4.69) is 16.7 Å². The minimum Gasteiger partial charge on any atom is -0.457 e. The molecular formula is C31H28ClN3O3S. The summed E-state index contributed by atoms with van der Waals surface area (Å²) in [5.74, 6) is -1.42. The van der Waals surface area contributed by atoms with Gasteiger partial charge in [0.15, 0.2) is 0 Å². The van der Waals surface area contributed by atoms with E-state index >= 15 is 0 Å². The molecule has 0 radical (unpaired) electrons. The molecule has 0 fully saturated rings. The number of anilines is 1. The molecule has 0 saturated carbocycles. The zero-order chi connectivity index (χ0) is 27.8. The number of para-hydroxylation sites is 1. The first kappa shape index (κ1) is 28.0. The van der Waals surface area contributed by atoms with Crippen LogP contribution in [0.5, 0.6) is 0 Å². The van der Waals surface area contributed by atoms with E-state index in [1.54, 1.807) is 25.1 Å². The van der Waals surface area contributed by atoms with Gasteiger partial charge in [0.05, 0.1) is 33.9 Å².